The van der Waals surface area contributed by atoms with E-state index in [0.29, 0.717) is 26.0 Å². The lowest BCUT2D eigenvalue weighted by atomic mass is 10.0. The highest BCUT2D eigenvalue weighted by Gasteiger charge is 2.20. The second-order valence-corrected chi connectivity index (χ2v) is 3.92. The Morgan fingerprint density at radius 3 is 2.44 bits per heavy atom. The summed E-state index contributed by atoms with van der Waals surface area (Å²) < 4.78 is 4.76. The van der Waals surface area contributed by atoms with E-state index in [-0.39, 0.29) is 11.9 Å². The van der Waals surface area contributed by atoms with Crippen LogP contribution in [0.25, 0.3) is 0 Å². The van der Waals surface area contributed by atoms with Crippen LogP contribution in [0.4, 0.5) is 0 Å². The maximum atomic E-state index is 11.0. The number of hydrogen-bond acceptors (Lipinski definition) is 4. The SMILES string of the molecule is CCOC(=O)CCCNC(C(=O)O)C(C)C. The zero-order chi connectivity index (χ0) is 12.6. The highest BCUT2D eigenvalue weighted by atomic mass is 16.5. The molecule has 5 nitrogen and oxygen atoms in total. The Hall–Kier alpha value is -1.10. The van der Waals surface area contributed by atoms with E-state index in [1.807, 2.05) is 13.8 Å². The molecule has 0 radical (unpaired) electrons. The third kappa shape index (κ3) is 6.40. The first-order valence-corrected chi connectivity index (χ1v) is 5.60. The Bertz CT molecular complexity index is 228. The Labute approximate surface area is 96.2 Å². The molecule has 1 unspecified atom stereocenters. The van der Waals surface area contributed by atoms with E-state index in [1.165, 1.54) is 0 Å². The summed E-state index contributed by atoms with van der Waals surface area (Å²) in [5, 5.41) is 11.8. The Kier molecular flexibility index (Phi) is 7.54. The van der Waals surface area contributed by atoms with Gasteiger partial charge in [0.05, 0.1) is 6.61 Å². The van der Waals surface area contributed by atoms with Crippen LogP contribution in [0.3, 0.4) is 0 Å². The van der Waals surface area contributed by atoms with Gasteiger partial charge in [-0.15, -0.1) is 0 Å². The summed E-state index contributed by atoms with van der Waals surface area (Å²) in [7, 11) is 0. The van der Waals surface area contributed by atoms with Crippen molar-refractivity contribution < 1.29 is 19.4 Å². The summed E-state index contributed by atoms with van der Waals surface area (Å²) >= 11 is 0. The summed E-state index contributed by atoms with van der Waals surface area (Å²) in [5.41, 5.74) is 0. The van der Waals surface area contributed by atoms with Crippen LogP contribution in [0.1, 0.15) is 33.6 Å². The van der Waals surface area contributed by atoms with Crippen LogP contribution in [0.2, 0.25) is 0 Å². The summed E-state index contributed by atoms with van der Waals surface area (Å²) in [6.45, 7) is 6.34. The molecule has 0 heterocycles. The average molecular weight is 231 g/mol. The fourth-order valence-electron chi connectivity index (χ4n) is 1.33. The number of ether oxygens (including phenoxy) is 1. The quantitative estimate of drug-likeness (QED) is 0.482. The predicted octanol–water partition coefficient (Wildman–Crippen LogP) is 1.03. The summed E-state index contributed by atoms with van der Waals surface area (Å²) in [4.78, 5) is 21.8. The van der Waals surface area contributed by atoms with Crippen LogP contribution in [0.5, 0.6) is 0 Å². The van der Waals surface area contributed by atoms with E-state index < -0.39 is 12.0 Å². The molecule has 5 heteroatoms. The van der Waals surface area contributed by atoms with Crippen molar-refractivity contribution in [2.45, 2.75) is 39.7 Å². The molecule has 0 aromatic heterocycles. The zero-order valence-corrected chi connectivity index (χ0v) is 10.2. The molecule has 2 N–H and O–H groups in total. The fourth-order valence-corrected chi connectivity index (χ4v) is 1.33. The van der Waals surface area contributed by atoms with Gasteiger partial charge in [0.25, 0.3) is 0 Å². The molecule has 0 fully saturated rings. The molecule has 94 valence electrons. The van der Waals surface area contributed by atoms with Crippen LogP contribution < -0.4 is 5.32 Å². The van der Waals surface area contributed by atoms with Gasteiger partial charge < -0.3 is 15.2 Å². The Balaban J connectivity index is 3.71. The Morgan fingerprint density at radius 1 is 1.38 bits per heavy atom. The molecule has 0 amide bonds. The minimum absolute atomic E-state index is 0.0279. The number of rotatable bonds is 8. The number of carbonyl (C=O) groups is 2. The van der Waals surface area contributed by atoms with Crippen molar-refractivity contribution in [3.8, 4) is 0 Å². The van der Waals surface area contributed by atoms with Crippen molar-refractivity contribution in [1.82, 2.24) is 5.32 Å². The molecule has 0 aromatic carbocycles. The zero-order valence-electron chi connectivity index (χ0n) is 10.2. The van der Waals surface area contributed by atoms with E-state index >= 15 is 0 Å². The number of esters is 1. The molecule has 0 spiro atoms. The minimum atomic E-state index is -0.855. The van der Waals surface area contributed by atoms with Gasteiger partial charge in [-0.25, -0.2) is 0 Å². The van der Waals surface area contributed by atoms with E-state index in [2.05, 4.69) is 5.32 Å². The number of carbonyl (C=O) groups excluding carboxylic acids is 1. The van der Waals surface area contributed by atoms with Crippen molar-refractivity contribution in [2.24, 2.45) is 5.92 Å². The predicted molar refractivity (Wildman–Crippen MR) is 60.1 cm³/mol. The fraction of sp³-hybridized carbons (Fsp3) is 0.818. The maximum absolute atomic E-state index is 11.0. The van der Waals surface area contributed by atoms with Crippen LogP contribution in [-0.2, 0) is 14.3 Å². The standard InChI is InChI=1S/C11H21NO4/c1-4-16-9(13)6-5-7-12-10(8(2)3)11(14)15/h8,10,12H,4-7H2,1-3H3,(H,14,15). The molecule has 1 atom stereocenters. The monoisotopic (exact) mass is 231 g/mol. The first-order chi connectivity index (χ1) is 7.49. The van der Waals surface area contributed by atoms with Gasteiger partial charge in [-0.05, 0) is 25.8 Å². The largest absolute Gasteiger partial charge is 0.480 e. The molecular weight excluding hydrogens is 210 g/mol. The Morgan fingerprint density at radius 2 is 2.00 bits per heavy atom. The van der Waals surface area contributed by atoms with Gasteiger partial charge in [0, 0.05) is 6.42 Å². The van der Waals surface area contributed by atoms with E-state index in [9.17, 15) is 9.59 Å². The van der Waals surface area contributed by atoms with Crippen molar-refractivity contribution >= 4 is 11.9 Å². The second kappa shape index (κ2) is 8.10. The average Bonchev–Trinajstić information content (AvgIpc) is 2.16. The molecule has 0 bridgehead atoms. The van der Waals surface area contributed by atoms with Crippen LogP contribution in [-0.4, -0.2) is 36.2 Å². The van der Waals surface area contributed by atoms with Gasteiger partial charge in [0.2, 0.25) is 0 Å². The molecule has 0 saturated heterocycles. The number of carboxylic acids is 1. The topological polar surface area (TPSA) is 75.6 Å². The lowest BCUT2D eigenvalue weighted by molar-refractivity contribution is -0.143. The highest BCUT2D eigenvalue weighted by Crippen LogP contribution is 2.02. The molecule has 0 aromatic rings. The van der Waals surface area contributed by atoms with Crippen molar-refractivity contribution in [3.63, 3.8) is 0 Å². The lowest BCUT2D eigenvalue weighted by Gasteiger charge is -2.17. The summed E-state index contributed by atoms with van der Waals surface area (Å²) in [6, 6.07) is -0.554. The van der Waals surface area contributed by atoms with E-state index in [1.54, 1.807) is 6.92 Å². The van der Waals surface area contributed by atoms with Crippen LogP contribution in [0.15, 0.2) is 0 Å². The number of hydrogen-bond donors (Lipinski definition) is 2. The molecule has 16 heavy (non-hydrogen) atoms. The molecule has 0 aliphatic heterocycles. The second-order valence-electron chi connectivity index (χ2n) is 3.92. The molecule has 0 aliphatic rings. The third-order valence-electron chi connectivity index (χ3n) is 2.16. The van der Waals surface area contributed by atoms with Gasteiger partial charge in [0.15, 0.2) is 0 Å². The first-order valence-electron chi connectivity index (χ1n) is 5.60. The van der Waals surface area contributed by atoms with Gasteiger partial charge >= 0.3 is 11.9 Å². The number of carboxylic acid groups (broad SMARTS) is 1. The highest BCUT2D eigenvalue weighted by molar-refractivity contribution is 5.73. The summed E-state index contributed by atoms with van der Waals surface area (Å²) in [6.07, 6.45) is 0.917. The van der Waals surface area contributed by atoms with E-state index in [4.69, 9.17) is 9.84 Å². The van der Waals surface area contributed by atoms with Crippen LogP contribution in [0, 0.1) is 5.92 Å². The van der Waals surface area contributed by atoms with Gasteiger partial charge in [-0.1, -0.05) is 13.8 Å². The minimum Gasteiger partial charge on any atom is -0.480 e. The van der Waals surface area contributed by atoms with E-state index in [0.717, 1.165) is 0 Å². The number of nitrogens with one attached hydrogen (secondary N) is 1. The number of aliphatic carboxylic acids is 1. The van der Waals surface area contributed by atoms with Crippen LogP contribution >= 0.6 is 0 Å². The van der Waals surface area contributed by atoms with Crippen molar-refractivity contribution in [2.75, 3.05) is 13.2 Å². The molecule has 0 rings (SSSR count). The van der Waals surface area contributed by atoms with Gasteiger partial charge in [-0.3, -0.25) is 9.59 Å². The summed E-state index contributed by atoms with van der Waals surface area (Å²) in [5.74, 6) is -1.06. The van der Waals surface area contributed by atoms with Gasteiger partial charge in [0.1, 0.15) is 6.04 Å². The van der Waals surface area contributed by atoms with Gasteiger partial charge in [-0.2, -0.15) is 0 Å². The molecule has 0 saturated carbocycles. The molecule has 0 aliphatic carbocycles. The normalized spacial score (nSPS) is 12.5. The first kappa shape index (κ1) is 14.9. The van der Waals surface area contributed by atoms with Crippen molar-refractivity contribution in [3.05, 3.63) is 0 Å². The lowest BCUT2D eigenvalue weighted by Crippen LogP contribution is -2.41. The maximum Gasteiger partial charge on any atom is 0.320 e. The smallest absolute Gasteiger partial charge is 0.320 e. The van der Waals surface area contributed by atoms with Crippen molar-refractivity contribution in [1.29, 1.82) is 0 Å². The third-order valence-corrected chi connectivity index (χ3v) is 2.16. The molecular formula is C11H21NO4.